The molecule has 0 unspecified atom stereocenters. The highest BCUT2D eigenvalue weighted by Gasteiger charge is 2.46. The van der Waals surface area contributed by atoms with Crippen LogP contribution in [0.3, 0.4) is 0 Å². The van der Waals surface area contributed by atoms with E-state index in [9.17, 15) is 10.1 Å². The summed E-state index contributed by atoms with van der Waals surface area (Å²) in [6.07, 6.45) is 3.72. The lowest BCUT2D eigenvalue weighted by atomic mass is 9.74. The molecule has 1 spiro atoms. The number of nitriles is 1. The molecule has 2 aromatic heterocycles. The molecule has 1 amide bonds. The Morgan fingerprint density at radius 3 is 2.62 bits per heavy atom. The Bertz CT molecular complexity index is 1390. The van der Waals surface area contributed by atoms with Crippen LogP contribution in [0.5, 0.6) is 11.8 Å². The number of aromatic nitrogens is 2. The number of benzene rings is 1. The highest BCUT2D eigenvalue weighted by molar-refractivity contribution is 5.97. The molecule has 2 aliphatic rings. The fraction of sp³-hybridized carbons (Fsp3) is 0.400. The van der Waals surface area contributed by atoms with Gasteiger partial charge in [-0.25, -0.2) is 9.97 Å². The van der Waals surface area contributed by atoms with Crippen molar-refractivity contribution in [1.29, 1.82) is 5.26 Å². The first-order valence-corrected chi connectivity index (χ1v) is 13.6. The van der Waals surface area contributed by atoms with E-state index in [0.717, 1.165) is 48.4 Å². The first-order valence-electron chi connectivity index (χ1n) is 13.6. The summed E-state index contributed by atoms with van der Waals surface area (Å²) < 4.78 is 11.3. The summed E-state index contributed by atoms with van der Waals surface area (Å²) in [6, 6.07) is 16.2. The van der Waals surface area contributed by atoms with Gasteiger partial charge in [0.2, 0.25) is 17.7 Å². The van der Waals surface area contributed by atoms with Crippen molar-refractivity contribution in [1.82, 2.24) is 9.97 Å². The van der Waals surface area contributed by atoms with Crippen LogP contribution in [0, 0.1) is 11.3 Å². The number of nitrogens with two attached hydrogens (primary N) is 1. The zero-order chi connectivity index (χ0) is 27.4. The second-order valence-electron chi connectivity index (χ2n) is 9.87. The normalized spacial score (nSPS) is 15.6. The molecule has 0 radical (unpaired) electrons. The number of carbonyl (C=O) groups excluding carboxylic acids is 1. The van der Waals surface area contributed by atoms with Crippen molar-refractivity contribution in [3.63, 3.8) is 0 Å². The zero-order valence-electron chi connectivity index (χ0n) is 22.5. The molecule has 4 heterocycles. The van der Waals surface area contributed by atoms with Crippen molar-refractivity contribution in [2.45, 2.75) is 38.5 Å². The number of amides is 1. The SMILES string of the molecule is CCOc1ccc(N2CCC3(CC2)CN(C(=O)CCN)c2cc(-c4cccnc4OCC)ccc23)c(C#N)n1. The maximum absolute atomic E-state index is 13.2. The standard InChI is InChI=1S/C30H34N6O3/c1-3-38-27-10-9-25(24(19-32)34-27)35-16-12-30(13-17-35)20-36(28(37)11-14-31)26-18-21(7-8-23(26)30)22-6-5-15-33-29(22)39-4-2/h5-10,15,18H,3-4,11-14,16-17,20,31H2,1-2H3. The van der Waals surface area contributed by atoms with Gasteiger partial charge in [0.15, 0.2) is 5.69 Å². The second kappa shape index (κ2) is 11.3. The molecule has 2 aliphatic heterocycles. The summed E-state index contributed by atoms with van der Waals surface area (Å²) in [5.74, 6) is 1.08. The fourth-order valence-corrected chi connectivity index (χ4v) is 5.79. The molecule has 202 valence electrons. The van der Waals surface area contributed by atoms with Crippen LogP contribution in [-0.2, 0) is 10.2 Å². The van der Waals surface area contributed by atoms with E-state index in [1.54, 1.807) is 6.20 Å². The largest absolute Gasteiger partial charge is 0.478 e. The number of piperidine rings is 1. The number of carbonyl (C=O) groups is 1. The van der Waals surface area contributed by atoms with Crippen LogP contribution in [0.25, 0.3) is 11.1 Å². The summed E-state index contributed by atoms with van der Waals surface area (Å²) in [5, 5.41) is 9.73. The van der Waals surface area contributed by atoms with E-state index in [4.69, 9.17) is 15.2 Å². The first kappa shape index (κ1) is 26.4. The van der Waals surface area contributed by atoms with Crippen LogP contribution in [0.4, 0.5) is 11.4 Å². The van der Waals surface area contributed by atoms with E-state index in [0.29, 0.717) is 50.2 Å². The number of ether oxygens (including phenoxy) is 2. The zero-order valence-corrected chi connectivity index (χ0v) is 22.5. The predicted octanol–water partition coefficient (Wildman–Crippen LogP) is 4.05. The van der Waals surface area contributed by atoms with Crippen LogP contribution in [0.15, 0.2) is 48.7 Å². The predicted molar refractivity (Wildman–Crippen MR) is 150 cm³/mol. The fourth-order valence-electron chi connectivity index (χ4n) is 5.79. The van der Waals surface area contributed by atoms with E-state index in [2.05, 4.69) is 39.1 Å². The average molecular weight is 527 g/mol. The van der Waals surface area contributed by atoms with Gasteiger partial charge in [0.05, 0.1) is 18.9 Å². The van der Waals surface area contributed by atoms with Crippen molar-refractivity contribution in [2.24, 2.45) is 5.73 Å². The molecule has 9 nitrogen and oxygen atoms in total. The van der Waals surface area contributed by atoms with Gasteiger partial charge in [0.1, 0.15) is 6.07 Å². The molecule has 9 heteroatoms. The maximum atomic E-state index is 13.2. The van der Waals surface area contributed by atoms with Crippen molar-refractivity contribution >= 4 is 17.3 Å². The molecule has 0 bridgehead atoms. The lowest BCUT2D eigenvalue weighted by molar-refractivity contribution is -0.118. The van der Waals surface area contributed by atoms with Crippen molar-refractivity contribution < 1.29 is 14.3 Å². The Kier molecular flexibility index (Phi) is 7.66. The van der Waals surface area contributed by atoms with E-state index in [-0.39, 0.29) is 11.3 Å². The Morgan fingerprint density at radius 2 is 1.90 bits per heavy atom. The number of nitrogens with zero attached hydrogens (tertiary/aromatic N) is 5. The van der Waals surface area contributed by atoms with Crippen LogP contribution in [0.2, 0.25) is 0 Å². The van der Waals surface area contributed by atoms with Gasteiger partial charge in [0, 0.05) is 61.5 Å². The smallest absolute Gasteiger partial charge is 0.228 e. The number of fused-ring (bicyclic) bond motifs is 2. The molecule has 1 saturated heterocycles. The monoisotopic (exact) mass is 526 g/mol. The molecular weight excluding hydrogens is 492 g/mol. The minimum atomic E-state index is -0.169. The number of rotatable bonds is 8. The Labute approximate surface area is 229 Å². The van der Waals surface area contributed by atoms with Crippen molar-refractivity contribution in [3.05, 3.63) is 59.9 Å². The molecule has 39 heavy (non-hydrogen) atoms. The summed E-state index contributed by atoms with van der Waals surface area (Å²) in [4.78, 5) is 26.2. The number of anilines is 2. The van der Waals surface area contributed by atoms with Gasteiger partial charge in [-0.1, -0.05) is 12.1 Å². The highest BCUT2D eigenvalue weighted by Crippen LogP contribution is 2.49. The topological polar surface area (TPSA) is 118 Å². The molecule has 5 rings (SSSR count). The minimum absolute atomic E-state index is 0.0360. The first-order chi connectivity index (χ1) is 19.0. The Balaban J connectivity index is 1.46. The third-order valence-electron chi connectivity index (χ3n) is 7.65. The molecule has 1 fully saturated rings. The molecule has 1 aromatic carbocycles. The van der Waals surface area contributed by atoms with Crippen LogP contribution < -0.4 is 25.0 Å². The Morgan fingerprint density at radius 1 is 1.10 bits per heavy atom. The van der Waals surface area contributed by atoms with E-state index in [1.807, 2.05) is 43.0 Å². The van der Waals surface area contributed by atoms with Gasteiger partial charge < -0.3 is 25.0 Å². The number of hydrogen-bond donors (Lipinski definition) is 1. The van der Waals surface area contributed by atoms with Crippen molar-refractivity contribution in [3.8, 4) is 29.0 Å². The summed E-state index contributed by atoms with van der Waals surface area (Å²) in [6.45, 7) is 7.28. The Hall–Kier alpha value is -4.16. The number of pyridine rings is 2. The highest BCUT2D eigenvalue weighted by atomic mass is 16.5. The molecular formula is C30H34N6O3. The molecule has 2 N–H and O–H groups in total. The van der Waals surface area contributed by atoms with Crippen LogP contribution in [0.1, 0.15) is 44.4 Å². The van der Waals surface area contributed by atoms with E-state index in [1.165, 1.54) is 5.56 Å². The van der Waals surface area contributed by atoms with Gasteiger partial charge in [-0.05, 0) is 62.1 Å². The third-order valence-corrected chi connectivity index (χ3v) is 7.65. The van der Waals surface area contributed by atoms with Gasteiger partial charge in [-0.2, -0.15) is 5.26 Å². The summed E-state index contributed by atoms with van der Waals surface area (Å²) in [5.41, 5.74) is 10.8. The van der Waals surface area contributed by atoms with Gasteiger partial charge in [-0.15, -0.1) is 0 Å². The molecule has 0 aliphatic carbocycles. The summed E-state index contributed by atoms with van der Waals surface area (Å²) in [7, 11) is 0. The van der Waals surface area contributed by atoms with Gasteiger partial charge >= 0.3 is 0 Å². The lowest BCUT2D eigenvalue weighted by Gasteiger charge is -2.41. The average Bonchev–Trinajstić information content (AvgIpc) is 3.27. The van der Waals surface area contributed by atoms with Gasteiger partial charge in [-0.3, -0.25) is 4.79 Å². The lowest BCUT2D eigenvalue weighted by Crippen LogP contribution is -2.46. The summed E-state index contributed by atoms with van der Waals surface area (Å²) >= 11 is 0. The van der Waals surface area contributed by atoms with Crippen LogP contribution >= 0.6 is 0 Å². The van der Waals surface area contributed by atoms with Crippen molar-refractivity contribution in [2.75, 3.05) is 49.2 Å². The van der Waals surface area contributed by atoms with E-state index >= 15 is 0 Å². The number of hydrogen-bond acceptors (Lipinski definition) is 8. The second-order valence-corrected chi connectivity index (χ2v) is 9.87. The molecule has 0 saturated carbocycles. The molecule has 3 aromatic rings. The van der Waals surface area contributed by atoms with E-state index < -0.39 is 0 Å². The quantitative estimate of drug-likeness (QED) is 0.467. The van der Waals surface area contributed by atoms with Crippen LogP contribution in [-0.4, -0.2) is 55.3 Å². The molecule has 0 atom stereocenters. The minimum Gasteiger partial charge on any atom is -0.478 e. The third kappa shape index (κ3) is 5.00. The van der Waals surface area contributed by atoms with Gasteiger partial charge in [0.25, 0.3) is 0 Å². The maximum Gasteiger partial charge on any atom is 0.228 e.